The lowest BCUT2D eigenvalue weighted by Gasteiger charge is -2.34. The van der Waals surface area contributed by atoms with Gasteiger partial charge in [-0.15, -0.1) is 5.10 Å². The molecule has 0 aromatic carbocycles. The van der Waals surface area contributed by atoms with Crippen LogP contribution in [0.1, 0.15) is 39.3 Å². The number of fused-ring (bicyclic) bond motifs is 1. The lowest BCUT2D eigenvalue weighted by atomic mass is 9.93. The third-order valence-corrected chi connectivity index (χ3v) is 6.00. The molecule has 1 aliphatic heterocycles. The van der Waals surface area contributed by atoms with Gasteiger partial charge in [-0.1, -0.05) is 0 Å². The van der Waals surface area contributed by atoms with Gasteiger partial charge in [-0.05, 0) is 74.6 Å². The van der Waals surface area contributed by atoms with Gasteiger partial charge in [-0.2, -0.15) is 0 Å². The Morgan fingerprint density at radius 2 is 2.08 bits per heavy atom. The largest absolute Gasteiger partial charge is 0.444 e. The number of tetrazole rings is 1. The Bertz CT molecular complexity index is 1410. The molecule has 0 unspecified atom stereocenters. The number of imidazole rings is 1. The van der Waals surface area contributed by atoms with Crippen LogP contribution in [-0.2, 0) is 18.2 Å². The SMILES string of the molecule is Cn1nnnc1-c1cc(C[C@@H]2CCCN(C(=O)OC(C)(C)C)C2)nc(-c2cnc3ccc(F)cn23)n1. The standard InChI is InChI=1S/C24H28FN9O2/c1-24(2,3)36-23(35)33-9-5-6-15(13-33)10-17-11-18(22-29-30-31-32(22)4)28-21(27-17)19-12-26-20-8-7-16(25)14-34(19)20/h7-8,11-12,14-15H,5-6,9-10,13H2,1-4H3/t15-/m0/s1. The summed E-state index contributed by atoms with van der Waals surface area (Å²) in [6, 6.07) is 4.83. The van der Waals surface area contributed by atoms with E-state index in [0.717, 1.165) is 18.5 Å². The maximum absolute atomic E-state index is 14.0. The van der Waals surface area contributed by atoms with Crippen molar-refractivity contribution in [2.45, 2.75) is 45.6 Å². The zero-order valence-corrected chi connectivity index (χ0v) is 20.7. The van der Waals surface area contributed by atoms with Crippen LogP contribution >= 0.6 is 0 Å². The van der Waals surface area contributed by atoms with Crippen molar-refractivity contribution in [2.24, 2.45) is 13.0 Å². The number of carbonyl (C=O) groups excluding carboxylic acids is 1. The predicted octanol–water partition coefficient (Wildman–Crippen LogP) is 3.31. The van der Waals surface area contributed by atoms with E-state index < -0.39 is 5.60 Å². The quantitative estimate of drug-likeness (QED) is 0.425. The van der Waals surface area contributed by atoms with Crippen LogP contribution in [-0.4, -0.2) is 69.2 Å². The zero-order chi connectivity index (χ0) is 25.4. The molecule has 4 aromatic rings. The maximum Gasteiger partial charge on any atom is 0.410 e. The summed E-state index contributed by atoms with van der Waals surface area (Å²) < 4.78 is 22.7. The fraction of sp³-hybridized carbons (Fsp3) is 0.458. The molecule has 1 atom stereocenters. The summed E-state index contributed by atoms with van der Waals surface area (Å²) in [6.07, 6.45) is 5.15. The third kappa shape index (κ3) is 5.02. The van der Waals surface area contributed by atoms with Crippen molar-refractivity contribution in [3.63, 3.8) is 0 Å². The summed E-state index contributed by atoms with van der Waals surface area (Å²) >= 11 is 0. The topological polar surface area (TPSA) is 116 Å². The number of likely N-dealkylation sites (tertiary alicyclic amines) is 1. The molecular formula is C24H28FN9O2. The van der Waals surface area contributed by atoms with Gasteiger partial charge in [0, 0.05) is 32.0 Å². The highest BCUT2D eigenvalue weighted by atomic mass is 19.1. The first kappa shape index (κ1) is 23.8. The Hall–Kier alpha value is -3.96. The molecule has 1 aliphatic rings. The Labute approximate surface area is 207 Å². The van der Waals surface area contributed by atoms with Gasteiger partial charge in [0.2, 0.25) is 5.82 Å². The molecule has 0 spiro atoms. The van der Waals surface area contributed by atoms with E-state index in [0.29, 0.717) is 48.2 Å². The average molecular weight is 494 g/mol. The van der Waals surface area contributed by atoms with Crippen LogP contribution in [0.25, 0.3) is 28.7 Å². The fourth-order valence-electron chi connectivity index (χ4n) is 4.42. The molecule has 0 radical (unpaired) electrons. The first-order chi connectivity index (χ1) is 17.2. The van der Waals surface area contributed by atoms with E-state index in [1.54, 1.807) is 28.6 Å². The van der Waals surface area contributed by atoms with Gasteiger partial charge in [0.1, 0.15) is 28.5 Å². The molecule has 0 aliphatic carbocycles. The summed E-state index contributed by atoms with van der Waals surface area (Å²) in [5.74, 6) is 0.682. The van der Waals surface area contributed by atoms with Crippen molar-refractivity contribution in [3.05, 3.63) is 42.1 Å². The van der Waals surface area contributed by atoms with Crippen molar-refractivity contribution in [1.82, 2.24) is 44.5 Å². The van der Waals surface area contributed by atoms with Crippen LogP contribution in [0, 0.1) is 11.7 Å². The first-order valence-electron chi connectivity index (χ1n) is 11.9. The van der Waals surface area contributed by atoms with Gasteiger partial charge in [0.05, 0.1) is 6.20 Å². The number of rotatable bonds is 4. The Morgan fingerprint density at radius 3 is 2.83 bits per heavy atom. The number of carbonyl (C=O) groups is 1. The molecule has 5 heterocycles. The number of hydrogen-bond acceptors (Lipinski definition) is 8. The molecule has 4 aromatic heterocycles. The average Bonchev–Trinajstić information content (AvgIpc) is 3.43. The van der Waals surface area contributed by atoms with Crippen LogP contribution in [0.5, 0.6) is 0 Å². The van der Waals surface area contributed by atoms with E-state index in [9.17, 15) is 9.18 Å². The van der Waals surface area contributed by atoms with Crippen LogP contribution in [0.3, 0.4) is 0 Å². The number of aromatic nitrogens is 8. The van der Waals surface area contributed by atoms with Crippen LogP contribution in [0.2, 0.25) is 0 Å². The van der Waals surface area contributed by atoms with Gasteiger partial charge < -0.3 is 9.64 Å². The number of amides is 1. The molecule has 0 bridgehead atoms. The first-order valence-corrected chi connectivity index (χ1v) is 11.9. The van der Waals surface area contributed by atoms with Crippen molar-refractivity contribution >= 4 is 11.7 Å². The summed E-state index contributed by atoms with van der Waals surface area (Å²) in [4.78, 5) is 28.3. The number of pyridine rings is 1. The third-order valence-electron chi connectivity index (χ3n) is 6.00. The Balaban J connectivity index is 1.48. The minimum Gasteiger partial charge on any atom is -0.444 e. The number of hydrogen-bond donors (Lipinski definition) is 0. The van der Waals surface area contributed by atoms with E-state index in [4.69, 9.17) is 14.7 Å². The Morgan fingerprint density at radius 1 is 1.25 bits per heavy atom. The summed E-state index contributed by atoms with van der Waals surface area (Å²) in [6.45, 7) is 6.84. The van der Waals surface area contributed by atoms with E-state index in [1.807, 2.05) is 26.8 Å². The predicted molar refractivity (Wildman–Crippen MR) is 128 cm³/mol. The van der Waals surface area contributed by atoms with E-state index in [1.165, 1.54) is 16.9 Å². The van der Waals surface area contributed by atoms with Crippen molar-refractivity contribution < 1.29 is 13.9 Å². The fourth-order valence-corrected chi connectivity index (χ4v) is 4.42. The normalized spacial score (nSPS) is 16.5. The molecule has 0 saturated carbocycles. The smallest absolute Gasteiger partial charge is 0.410 e. The highest BCUT2D eigenvalue weighted by Gasteiger charge is 2.28. The molecular weight excluding hydrogens is 465 g/mol. The van der Waals surface area contributed by atoms with Crippen LogP contribution in [0.4, 0.5) is 9.18 Å². The molecule has 12 heteroatoms. The number of halogens is 1. The summed E-state index contributed by atoms with van der Waals surface area (Å²) in [7, 11) is 1.74. The Kier molecular flexibility index (Phi) is 6.10. The van der Waals surface area contributed by atoms with Gasteiger partial charge in [0.15, 0.2) is 5.82 Å². The van der Waals surface area contributed by atoms with Crippen molar-refractivity contribution in [3.8, 4) is 23.0 Å². The second-order valence-electron chi connectivity index (χ2n) is 10.1. The highest BCUT2D eigenvalue weighted by molar-refractivity contribution is 5.68. The monoisotopic (exact) mass is 493 g/mol. The molecule has 1 fully saturated rings. The number of piperidine rings is 1. The summed E-state index contributed by atoms with van der Waals surface area (Å²) in [5.41, 5.74) is 1.93. The molecule has 188 valence electrons. The molecule has 1 amide bonds. The second-order valence-corrected chi connectivity index (χ2v) is 10.1. The van der Waals surface area contributed by atoms with E-state index >= 15 is 0 Å². The molecule has 0 N–H and O–H groups in total. The van der Waals surface area contributed by atoms with Gasteiger partial charge in [0.25, 0.3) is 0 Å². The van der Waals surface area contributed by atoms with Crippen molar-refractivity contribution in [1.29, 1.82) is 0 Å². The maximum atomic E-state index is 14.0. The number of ether oxygens (including phenoxy) is 1. The number of aryl methyl sites for hydroxylation is 1. The van der Waals surface area contributed by atoms with E-state index in [2.05, 4.69) is 20.5 Å². The lowest BCUT2D eigenvalue weighted by molar-refractivity contribution is 0.0165. The number of nitrogens with zero attached hydrogens (tertiary/aromatic N) is 9. The summed E-state index contributed by atoms with van der Waals surface area (Å²) in [5, 5.41) is 11.8. The minimum atomic E-state index is -0.544. The second kappa shape index (κ2) is 9.25. The van der Waals surface area contributed by atoms with Crippen molar-refractivity contribution in [2.75, 3.05) is 13.1 Å². The molecule has 5 rings (SSSR count). The zero-order valence-electron chi connectivity index (χ0n) is 20.7. The van der Waals surface area contributed by atoms with E-state index in [-0.39, 0.29) is 17.8 Å². The minimum absolute atomic E-state index is 0.194. The molecule has 36 heavy (non-hydrogen) atoms. The van der Waals surface area contributed by atoms with Crippen LogP contribution in [0.15, 0.2) is 30.6 Å². The van der Waals surface area contributed by atoms with Gasteiger partial charge in [-0.25, -0.2) is 28.8 Å². The van der Waals surface area contributed by atoms with Gasteiger partial charge in [-0.3, -0.25) is 4.40 Å². The van der Waals surface area contributed by atoms with Crippen LogP contribution < -0.4 is 0 Å². The lowest BCUT2D eigenvalue weighted by Crippen LogP contribution is -2.43. The van der Waals surface area contributed by atoms with Gasteiger partial charge >= 0.3 is 6.09 Å². The molecule has 1 saturated heterocycles. The molecule has 11 nitrogen and oxygen atoms in total. The highest BCUT2D eigenvalue weighted by Crippen LogP contribution is 2.26.